The molecule has 23 heavy (non-hydrogen) atoms. The van der Waals surface area contributed by atoms with E-state index in [1.54, 1.807) is 23.9 Å². The van der Waals surface area contributed by atoms with Gasteiger partial charge in [-0.1, -0.05) is 11.6 Å². The van der Waals surface area contributed by atoms with Gasteiger partial charge in [-0.3, -0.25) is 9.88 Å². The van der Waals surface area contributed by atoms with E-state index in [9.17, 15) is 9.90 Å². The Bertz CT molecular complexity index is 578. The van der Waals surface area contributed by atoms with Gasteiger partial charge in [0.05, 0.1) is 11.3 Å². The van der Waals surface area contributed by atoms with Crippen molar-refractivity contribution in [1.29, 1.82) is 0 Å². The van der Waals surface area contributed by atoms with E-state index >= 15 is 0 Å². The summed E-state index contributed by atoms with van der Waals surface area (Å²) in [6.07, 6.45) is 12.9. The molecule has 1 heterocycles. The number of nitrogens with zero attached hydrogens (tertiary/aromatic N) is 2. The average Bonchev–Trinajstić information content (AvgIpc) is 3.38. The molecule has 0 atom stereocenters. The minimum absolute atomic E-state index is 0.338. The second-order valence-corrected chi connectivity index (χ2v) is 6.84. The van der Waals surface area contributed by atoms with E-state index in [0.717, 1.165) is 25.4 Å². The van der Waals surface area contributed by atoms with E-state index in [1.807, 2.05) is 0 Å². The maximum atomic E-state index is 11.4. The highest BCUT2D eigenvalue weighted by atomic mass is 16.4. The third-order valence-electron chi connectivity index (χ3n) is 4.84. The molecule has 2 aliphatic rings. The first-order valence-corrected chi connectivity index (χ1v) is 8.80. The van der Waals surface area contributed by atoms with Crippen LogP contribution in [0.25, 0.3) is 0 Å². The second-order valence-electron chi connectivity index (χ2n) is 6.84. The van der Waals surface area contributed by atoms with Gasteiger partial charge in [-0.2, -0.15) is 0 Å². The summed E-state index contributed by atoms with van der Waals surface area (Å²) >= 11 is 0. The van der Waals surface area contributed by atoms with Crippen molar-refractivity contribution < 1.29 is 9.90 Å². The highest BCUT2D eigenvalue weighted by Crippen LogP contribution is 2.31. The monoisotopic (exact) mass is 314 g/mol. The third kappa shape index (κ3) is 4.90. The molecule has 0 radical (unpaired) electrons. The number of carboxylic acids is 1. The minimum atomic E-state index is -0.880. The number of rotatable bonds is 8. The lowest BCUT2D eigenvalue weighted by molar-refractivity contribution is 0.0693. The molecule has 124 valence electrons. The molecule has 0 saturated heterocycles. The summed E-state index contributed by atoms with van der Waals surface area (Å²) in [4.78, 5) is 18.1. The standard InChI is InChI=1S/C19H26N2O2/c22-19(23)17-7-4-11-20-18(17)14-21(13-16-8-9-16)12-10-15-5-2-1-3-6-15/h4-5,7,11,16H,1-3,6,8-10,12-14H2,(H,22,23). The molecule has 0 spiro atoms. The van der Waals surface area contributed by atoms with Crippen molar-refractivity contribution in [3.05, 3.63) is 41.2 Å². The first kappa shape index (κ1) is 16.2. The molecule has 4 heteroatoms. The maximum absolute atomic E-state index is 11.4. The fraction of sp³-hybridized carbons (Fsp3) is 0.579. The van der Waals surface area contributed by atoms with Gasteiger partial charge in [0.2, 0.25) is 0 Å². The highest BCUT2D eigenvalue weighted by molar-refractivity contribution is 5.88. The van der Waals surface area contributed by atoms with Gasteiger partial charge in [0.1, 0.15) is 0 Å². The van der Waals surface area contributed by atoms with Crippen molar-refractivity contribution in [3.63, 3.8) is 0 Å². The van der Waals surface area contributed by atoms with Crippen molar-refractivity contribution >= 4 is 5.97 Å². The van der Waals surface area contributed by atoms with E-state index < -0.39 is 5.97 Å². The van der Waals surface area contributed by atoms with Crippen LogP contribution < -0.4 is 0 Å². The van der Waals surface area contributed by atoms with Crippen LogP contribution in [-0.2, 0) is 6.54 Å². The summed E-state index contributed by atoms with van der Waals surface area (Å²) in [5.74, 6) is -0.0817. The molecule has 0 bridgehead atoms. The van der Waals surface area contributed by atoms with Crippen LogP contribution in [0, 0.1) is 5.92 Å². The lowest BCUT2D eigenvalue weighted by Crippen LogP contribution is -2.28. The fourth-order valence-electron chi connectivity index (χ4n) is 3.30. The number of hydrogen-bond acceptors (Lipinski definition) is 3. The Hall–Kier alpha value is -1.68. The predicted molar refractivity (Wildman–Crippen MR) is 90.4 cm³/mol. The van der Waals surface area contributed by atoms with Crippen molar-refractivity contribution in [2.24, 2.45) is 5.92 Å². The average molecular weight is 314 g/mol. The first-order chi connectivity index (χ1) is 11.2. The Labute approximate surface area is 138 Å². The van der Waals surface area contributed by atoms with Crippen molar-refractivity contribution in [2.75, 3.05) is 13.1 Å². The molecule has 3 rings (SSSR count). The second kappa shape index (κ2) is 7.73. The SMILES string of the molecule is O=C(O)c1cccnc1CN(CCC1=CCCCC1)CC1CC1. The van der Waals surface area contributed by atoms with E-state index in [-0.39, 0.29) is 0 Å². The normalized spacial score (nSPS) is 18.0. The number of carbonyl (C=O) groups is 1. The van der Waals surface area contributed by atoms with Crippen LogP contribution in [0.4, 0.5) is 0 Å². The zero-order valence-electron chi connectivity index (χ0n) is 13.7. The van der Waals surface area contributed by atoms with Crippen molar-refractivity contribution in [3.8, 4) is 0 Å². The molecular formula is C19H26N2O2. The van der Waals surface area contributed by atoms with Gasteiger partial charge in [0.25, 0.3) is 0 Å². The van der Waals surface area contributed by atoms with Crippen LogP contribution in [0.2, 0.25) is 0 Å². The van der Waals surface area contributed by atoms with Gasteiger partial charge in [0.15, 0.2) is 0 Å². The molecule has 4 nitrogen and oxygen atoms in total. The summed E-state index contributed by atoms with van der Waals surface area (Å²) in [7, 11) is 0. The van der Waals surface area contributed by atoms with Gasteiger partial charge >= 0.3 is 5.97 Å². The van der Waals surface area contributed by atoms with Gasteiger partial charge in [-0.25, -0.2) is 4.79 Å². The largest absolute Gasteiger partial charge is 0.478 e. The van der Waals surface area contributed by atoms with Gasteiger partial charge in [0, 0.05) is 25.8 Å². The zero-order chi connectivity index (χ0) is 16.1. The van der Waals surface area contributed by atoms with Gasteiger partial charge in [-0.15, -0.1) is 0 Å². The Morgan fingerprint density at radius 1 is 1.35 bits per heavy atom. The Kier molecular flexibility index (Phi) is 5.44. The molecular weight excluding hydrogens is 288 g/mol. The van der Waals surface area contributed by atoms with Crippen LogP contribution >= 0.6 is 0 Å². The molecule has 2 aliphatic carbocycles. The van der Waals surface area contributed by atoms with Crippen LogP contribution in [0.15, 0.2) is 30.0 Å². The van der Waals surface area contributed by atoms with Crippen LogP contribution in [-0.4, -0.2) is 34.0 Å². The van der Waals surface area contributed by atoms with E-state index in [4.69, 9.17) is 0 Å². The fourth-order valence-corrected chi connectivity index (χ4v) is 3.30. The zero-order valence-corrected chi connectivity index (χ0v) is 13.7. The Morgan fingerprint density at radius 3 is 2.91 bits per heavy atom. The molecule has 0 unspecified atom stereocenters. The third-order valence-corrected chi connectivity index (χ3v) is 4.84. The van der Waals surface area contributed by atoms with Crippen molar-refractivity contribution in [2.45, 2.75) is 51.5 Å². The molecule has 0 amide bonds. The predicted octanol–water partition coefficient (Wildman–Crippen LogP) is 3.88. The first-order valence-electron chi connectivity index (χ1n) is 8.80. The molecule has 0 aromatic carbocycles. The van der Waals surface area contributed by atoms with Crippen LogP contribution in [0.1, 0.15) is 61.0 Å². The number of allylic oxidation sites excluding steroid dienone is 1. The summed E-state index contributed by atoms with van der Waals surface area (Å²) in [5.41, 5.74) is 2.61. The van der Waals surface area contributed by atoms with E-state index in [2.05, 4.69) is 16.0 Å². The quantitative estimate of drug-likeness (QED) is 0.740. The minimum Gasteiger partial charge on any atom is -0.478 e. The molecule has 1 aromatic rings. The lowest BCUT2D eigenvalue weighted by Gasteiger charge is -2.24. The highest BCUT2D eigenvalue weighted by Gasteiger charge is 2.25. The topological polar surface area (TPSA) is 53.4 Å². The summed E-state index contributed by atoms with van der Waals surface area (Å²) in [6, 6.07) is 3.36. The number of carboxylic acid groups (broad SMARTS) is 1. The van der Waals surface area contributed by atoms with Gasteiger partial charge in [-0.05, 0) is 63.0 Å². The maximum Gasteiger partial charge on any atom is 0.337 e. The van der Waals surface area contributed by atoms with Crippen LogP contribution in [0.3, 0.4) is 0 Å². The lowest BCUT2D eigenvalue weighted by atomic mass is 9.97. The molecule has 1 fully saturated rings. The smallest absolute Gasteiger partial charge is 0.337 e. The van der Waals surface area contributed by atoms with E-state index in [1.165, 1.54) is 38.5 Å². The molecule has 1 aromatic heterocycles. The number of hydrogen-bond donors (Lipinski definition) is 1. The summed E-state index contributed by atoms with van der Waals surface area (Å²) < 4.78 is 0. The molecule has 1 N–H and O–H groups in total. The number of aromatic nitrogens is 1. The summed E-state index contributed by atoms with van der Waals surface area (Å²) in [6.45, 7) is 2.73. The number of pyridine rings is 1. The van der Waals surface area contributed by atoms with E-state index in [0.29, 0.717) is 17.8 Å². The Morgan fingerprint density at radius 2 is 2.22 bits per heavy atom. The molecule has 1 saturated carbocycles. The van der Waals surface area contributed by atoms with Gasteiger partial charge < -0.3 is 5.11 Å². The molecule has 0 aliphatic heterocycles. The summed E-state index contributed by atoms with van der Waals surface area (Å²) in [5, 5.41) is 9.34. The van der Waals surface area contributed by atoms with Crippen molar-refractivity contribution in [1.82, 2.24) is 9.88 Å². The van der Waals surface area contributed by atoms with Crippen LogP contribution in [0.5, 0.6) is 0 Å². The Balaban J connectivity index is 1.64. The number of aromatic carboxylic acids is 1.